The molecule has 0 N–H and O–H groups in total. The Balaban J connectivity index is 2.77. The summed E-state index contributed by atoms with van der Waals surface area (Å²) in [5, 5.41) is 0. The number of rotatable bonds is 7. The van der Waals surface area contributed by atoms with Crippen molar-refractivity contribution < 1.29 is 19.6 Å². The van der Waals surface area contributed by atoms with Crippen molar-refractivity contribution in [1.29, 1.82) is 0 Å². The smallest absolute Gasteiger partial charge is 0.123 e. The summed E-state index contributed by atoms with van der Waals surface area (Å²) >= 11 is 0. The molecule has 0 aliphatic heterocycles. The second-order valence-electron chi connectivity index (χ2n) is 9.71. The first-order valence-electron chi connectivity index (χ1n) is 8.91. The summed E-state index contributed by atoms with van der Waals surface area (Å²) < 4.78 is 0. The number of hydrogen-bond donors (Lipinski definition) is 0. The van der Waals surface area contributed by atoms with Gasteiger partial charge in [-0.25, -0.2) is 19.6 Å². The summed E-state index contributed by atoms with van der Waals surface area (Å²) in [7, 11) is 0. The van der Waals surface area contributed by atoms with Crippen LogP contribution >= 0.6 is 0 Å². The Morgan fingerprint density at radius 3 is 1.48 bits per heavy atom. The molecule has 0 atom stereocenters. The zero-order valence-electron chi connectivity index (χ0n) is 17.6. The Hall–Kier alpha value is -0.940. The molecule has 0 aliphatic carbocycles. The summed E-state index contributed by atoms with van der Waals surface area (Å²) in [4.78, 5) is 22.0. The van der Waals surface area contributed by atoms with Crippen LogP contribution in [0.1, 0.15) is 80.4 Å². The molecule has 0 fully saturated rings. The van der Waals surface area contributed by atoms with Crippen molar-refractivity contribution in [2.24, 2.45) is 0 Å². The lowest BCUT2D eigenvalue weighted by atomic mass is 9.84. The monoisotopic (exact) mass is 352 g/mol. The van der Waals surface area contributed by atoms with Crippen molar-refractivity contribution in [1.82, 2.24) is 0 Å². The van der Waals surface area contributed by atoms with Gasteiger partial charge < -0.3 is 0 Å². The molecule has 0 bridgehead atoms. The standard InChI is InChI=1S/C21H36O4/c1-18(2,3)23-22-15-20(7,8)16-11-13-17(14-12-16)21(9,10)25-24-19(4,5)6/h11-14H,15H2,1-10H3. The summed E-state index contributed by atoms with van der Waals surface area (Å²) in [6.07, 6.45) is 0. The van der Waals surface area contributed by atoms with E-state index in [1.54, 1.807) is 0 Å². The van der Waals surface area contributed by atoms with Crippen LogP contribution in [0.3, 0.4) is 0 Å². The van der Waals surface area contributed by atoms with E-state index in [1.807, 2.05) is 55.4 Å². The summed E-state index contributed by atoms with van der Waals surface area (Å²) in [5.41, 5.74) is 0.903. The molecular formula is C21H36O4. The van der Waals surface area contributed by atoms with E-state index in [0.29, 0.717) is 6.61 Å². The molecule has 0 spiro atoms. The van der Waals surface area contributed by atoms with Gasteiger partial charge >= 0.3 is 0 Å². The van der Waals surface area contributed by atoms with E-state index in [2.05, 4.69) is 38.1 Å². The quantitative estimate of drug-likeness (QED) is 0.466. The van der Waals surface area contributed by atoms with Crippen LogP contribution in [0.25, 0.3) is 0 Å². The van der Waals surface area contributed by atoms with E-state index in [-0.39, 0.29) is 16.6 Å². The minimum absolute atomic E-state index is 0.156. The highest BCUT2D eigenvalue weighted by molar-refractivity contribution is 5.30. The molecule has 4 heteroatoms. The Morgan fingerprint density at radius 1 is 0.600 bits per heavy atom. The second kappa shape index (κ2) is 7.75. The second-order valence-corrected chi connectivity index (χ2v) is 9.71. The Labute approximate surface area is 153 Å². The van der Waals surface area contributed by atoms with Gasteiger partial charge in [0.2, 0.25) is 0 Å². The summed E-state index contributed by atoms with van der Waals surface area (Å²) in [6, 6.07) is 8.37. The highest BCUT2D eigenvalue weighted by atomic mass is 17.2. The number of hydrogen-bond acceptors (Lipinski definition) is 4. The highest BCUT2D eigenvalue weighted by Gasteiger charge is 2.28. The average Bonchev–Trinajstić information content (AvgIpc) is 2.43. The molecule has 0 radical (unpaired) electrons. The van der Waals surface area contributed by atoms with Crippen LogP contribution in [0, 0.1) is 0 Å². The molecule has 25 heavy (non-hydrogen) atoms. The van der Waals surface area contributed by atoms with Gasteiger partial charge in [0.15, 0.2) is 0 Å². The van der Waals surface area contributed by atoms with E-state index in [9.17, 15) is 0 Å². The van der Waals surface area contributed by atoms with E-state index in [4.69, 9.17) is 19.6 Å². The minimum Gasteiger partial charge on any atom is -0.235 e. The van der Waals surface area contributed by atoms with Crippen molar-refractivity contribution in [2.45, 2.75) is 91.5 Å². The highest BCUT2D eigenvalue weighted by Crippen LogP contribution is 2.30. The molecule has 144 valence electrons. The maximum Gasteiger partial charge on any atom is 0.123 e. The fourth-order valence-electron chi connectivity index (χ4n) is 2.04. The molecule has 0 aliphatic rings. The maximum absolute atomic E-state index is 5.66. The van der Waals surface area contributed by atoms with Gasteiger partial charge in [-0.15, -0.1) is 0 Å². The molecule has 0 amide bonds. The molecule has 1 rings (SSSR count). The zero-order valence-corrected chi connectivity index (χ0v) is 17.6. The van der Waals surface area contributed by atoms with Crippen LogP contribution in [-0.2, 0) is 30.6 Å². The molecule has 0 heterocycles. The van der Waals surface area contributed by atoms with Crippen molar-refractivity contribution in [3.8, 4) is 0 Å². The molecule has 4 nitrogen and oxygen atoms in total. The van der Waals surface area contributed by atoms with Gasteiger partial charge in [-0.1, -0.05) is 38.1 Å². The van der Waals surface area contributed by atoms with Crippen LogP contribution in [0.2, 0.25) is 0 Å². The fourth-order valence-corrected chi connectivity index (χ4v) is 2.04. The van der Waals surface area contributed by atoms with Gasteiger partial charge in [0.1, 0.15) is 5.60 Å². The van der Waals surface area contributed by atoms with Crippen molar-refractivity contribution in [3.05, 3.63) is 35.4 Å². The Bertz CT molecular complexity index is 530. The van der Waals surface area contributed by atoms with Crippen molar-refractivity contribution in [3.63, 3.8) is 0 Å². The van der Waals surface area contributed by atoms with Crippen LogP contribution in [0.15, 0.2) is 24.3 Å². The van der Waals surface area contributed by atoms with E-state index in [0.717, 1.165) is 5.56 Å². The molecule has 0 aromatic heterocycles. The van der Waals surface area contributed by atoms with Gasteiger partial charge in [-0.05, 0) is 66.5 Å². The van der Waals surface area contributed by atoms with Gasteiger partial charge in [-0.2, -0.15) is 0 Å². The van der Waals surface area contributed by atoms with Crippen molar-refractivity contribution >= 4 is 0 Å². The summed E-state index contributed by atoms with van der Waals surface area (Å²) in [5.74, 6) is 0. The molecule has 1 aromatic rings. The third kappa shape index (κ3) is 7.87. The van der Waals surface area contributed by atoms with E-state index >= 15 is 0 Å². The lowest BCUT2D eigenvalue weighted by Gasteiger charge is -2.30. The van der Waals surface area contributed by atoms with Gasteiger partial charge in [0.05, 0.1) is 17.8 Å². The predicted molar refractivity (Wildman–Crippen MR) is 101 cm³/mol. The predicted octanol–water partition coefficient (Wildman–Crippen LogP) is 5.69. The van der Waals surface area contributed by atoms with Crippen LogP contribution < -0.4 is 0 Å². The van der Waals surface area contributed by atoms with Gasteiger partial charge in [0.25, 0.3) is 0 Å². The van der Waals surface area contributed by atoms with Gasteiger partial charge in [-0.3, -0.25) is 0 Å². The largest absolute Gasteiger partial charge is 0.235 e. The molecule has 0 unspecified atom stereocenters. The van der Waals surface area contributed by atoms with E-state index in [1.165, 1.54) is 5.56 Å². The van der Waals surface area contributed by atoms with Crippen LogP contribution in [0.5, 0.6) is 0 Å². The first-order valence-corrected chi connectivity index (χ1v) is 8.91. The lowest BCUT2D eigenvalue weighted by molar-refractivity contribution is -0.401. The third-order valence-corrected chi connectivity index (χ3v) is 3.59. The number of benzene rings is 1. The first-order chi connectivity index (χ1) is 11.1. The molecule has 1 aromatic carbocycles. The zero-order chi connectivity index (χ0) is 19.5. The van der Waals surface area contributed by atoms with Crippen molar-refractivity contribution in [2.75, 3.05) is 6.61 Å². The minimum atomic E-state index is -0.526. The molecule has 0 saturated heterocycles. The topological polar surface area (TPSA) is 36.9 Å². The maximum atomic E-state index is 5.66. The molecular weight excluding hydrogens is 316 g/mol. The SMILES string of the molecule is CC(C)(C)OOCC(C)(C)c1ccc(C(C)(C)OOC(C)(C)C)cc1. The normalized spacial score (nSPS) is 14.0. The molecule has 0 saturated carbocycles. The fraction of sp³-hybridized carbons (Fsp3) is 0.714. The average molecular weight is 353 g/mol. The Kier molecular flexibility index (Phi) is 6.85. The summed E-state index contributed by atoms with van der Waals surface area (Å²) in [6.45, 7) is 20.6. The van der Waals surface area contributed by atoms with Gasteiger partial charge in [0, 0.05) is 5.41 Å². The van der Waals surface area contributed by atoms with Crippen LogP contribution in [0.4, 0.5) is 0 Å². The third-order valence-electron chi connectivity index (χ3n) is 3.59. The lowest BCUT2D eigenvalue weighted by Crippen LogP contribution is -2.30. The first kappa shape index (κ1) is 22.1. The van der Waals surface area contributed by atoms with E-state index < -0.39 is 5.60 Å². The Morgan fingerprint density at radius 2 is 1.04 bits per heavy atom. The van der Waals surface area contributed by atoms with Crippen LogP contribution in [-0.4, -0.2) is 17.8 Å².